The van der Waals surface area contributed by atoms with Gasteiger partial charge in [0.1, 0.15) is 27.6 Å². The lowest BCUT2D eigenvalue weighted by Crippen LogP contribution is -2.38. The third kappa shape index (κ3) is 3.27. The minimum absolute atomic E-state index is 0.263. The van der Waals surface area contributed by atoms with Crippen molar-refractivity contribution in [2.75, 3.05) is 13.1 Å². The molecule has 2 aliphatic rings. The fourth-order valence-electron chi connectivity index (χ4n) is 4.55. The Balaban J connectivity index is 1.39. The second-order valence-electron chi connectivity index (χ2n) is 7.96. The number of fused-ring (bicyclic) bond motifs is 2. The van der Waals surface area contributed by atoms with Crippen molar-refractivity contribution in [1.29, 1.82) is 0 Å². The predicted molar refractivity (Wildman–Crippen MR) is 110 cm³/mol. The molecular formula is C19H24N6O2S2. The zero-order valence-electron chi connectivity index (χ0n) is 16.4. The van der Waals surface area contributed by atoms with E-state index < -0.39 is 10.0 Å². The highest BCUT2D eigenvalue weighted by Crippen LogP contribution is 2.34. The summed E-state index contributed by atoms with van der Waals surface area (Å²) in [5.41, 5.74) is 1.84. The largest absolute Gasteiger partial charge is 0.315 e. The highest BCUT2D eigenvalue weighted by molar-refractivity contribution is 7.89. The molecule has 4 heterocycles. The molecule has 1 saturated heterocycles. The highest BCUT2D eigenvalue weighted by Gasteiger charge is 2.34. The smallest absolute Gasteiger partial charge is 0.245 e. The SMILES string of the molecule is Cc1ccc2nsnc2c1S(=O)(=O)N1CCC(c2nnc3n2CCCCC3)CC1. The van der Waals surface area contributed by atoms with Crippen LogP contribution in [0.15, 0.2) is 17.0 Å². The van der Waals surface area contributed by atoms with E-state index in [1.54, 1.807) is 4.31 Å². The Hall–Kier alpha value is -1.91. The van der Waals surface area contributed by atoms with Gasteiger partial charge in [-0.05, 0) is 44.2 Å². The molecule has 154 valence electrons. The Morgan fingerprint density at radius 2 is 1.86 bits per heavy atom. The Kier molecular flexibility index (Phi) is 4.87. The molecule has 0 saturated carbocycles. The number of hydrogen-bond acceptors (Lipinski definition) is 7. The van der Waals surface area contributed by atoms with E-state index in [9.17, 15) is 8.42 Å². The maximum absolute atomic E-state index is 13.4. The first kappa shape index (κ1) is 19.1. The number of nitrogens with zero attached hydrogens (tertiary/aromatic N) is 6. The van der Waals surface area contributed by atoms with Gasteiger partial charge in [-0.1, -0.05) is 12.5 Å². The first-order valence-electron chi connectivity index (χ1n) is 10.2. The molecule has 5 rings (SSSR count). The van der Waals surface area contributed by atoms with Gasteiger partial charge in [-0.2, -0.15) is 13.1 Å². The summed E-state index contributed by atoms with van der Waals surface area (Å²) in [4.78, 5) is 0.304. The first-order chi connectivity index (χ1) is 14.1. The van der Waals surface area contributed by atoms with Crippen LogP contribution in [0.5, 0.6) is 0 Å². The normalized spacial score (nSPS) is 19.3. The Bertz CT molecular complexity index is 1140. The molecule has 10 heteroatoms. The molecular weight excluding hydrogens is 408 g/mol. The molecule has 0 N–H and O–H groups in total. The number of sulfonamides is 1. The van der Waals surface area contributed by atoms with Crippen molar-refractivity contribution in [3.8, 4) is 0 Å². The number of rotatable bonds is 3. The van der Waals surface area contributed by atoms with E-state index in [4.69, 9.17) is 0 Å². The van der Waals surface area contributed by atoms with Crippen molar-refractivity contribution in [3.63, 3.8) is 0 Å². The van der Waals surface area contributed by atoms with Crippen molar-refractivity contribution >= 4 is 32.8 Å². The van der Waals surface area contributed by atoms with Crippen molar-refractivity contribution < 1.29 is 8.42 Å². The Morgan fingerprint density at radius 1 is 1.03 bits per heavy atom. The van der Waals surface area contributed by atoms with Gasteiger partial charge in [0.25, 0.3) is 0 Å². The summed E-state index contributed by atoms with van der Waals surface area (Å²) >= 11 is 1.05. The minimum Gasteiger partial charge on any atom is -0.315 e. The molecule has 0 atom stereocenters. The molecule has 0 amide bonds. The van der Waals surface area contributed by atoms with Crippen LogP contribution in [-0.4, -0.2) is 49.3 Å². The summed E-state index contributed by atoms with van der Waals surface area (Å²) in [6.07, 6.45) is 6.09. The summed E-state index contributed by atoms with van der Waals surface area (Å²) in [6, 6.07) is 3.64. The maximum atomic E-state index is 13.4. The maximum Gasteiger partial charge on any atom is 0.245 e. The Labute approximate surface area is 174 Å². The van der Waals surface area contributed by atoms with Crippen molar-refractivity contribution in [3.05, 3.63) is 29.3 Å². The molecule has 29 heavy (non-hydrogen) atoms. The number of aromatic nitrogens is 5. The van der Waals surface area contributed by atoms with Gasteiger partial charge < -0.3 is 4.57 Å². The zero-order chi connectivity index (χ0) is 20.0. The summed E-state index contributed by atoms with van der Waals surface area (Å²) in [6.45, 7) is 3.78. The molecule has 0 bridgehead atoms. The first-order valence-corrected chi connectivity index (χ1v) is 12.4. The fourth-order valence-corrected chi connectivity index (χ4v) is 6.97. The quantitative estimate of drug-likeness (QED) is 0.632. The van der Waals surface area contributed by atoms with Crippen LogP contribution in [0.1, 0.15) is 55.2 Å². The lowest BCUT2D eigenvalue weighted by atomic mass is 9.97. The van der Waals surface area contributed by atoms with Crippen molar-refractivity contribution in [1.82, 2.24) is 27.8 Å². The molecule has 2 aromatic heterocycles. The minimum atomic E-state index is -3.61. The van der Waals surface area contributed by atoms with Gasteiger partial charge >= 0.3 is 0 Å². The topological polar surface area (TPSA) is 93.9 Å². The van der Waals surface area contributed by atoms with Gasteiger partial charge in [-0.3, -0.25) is 0 Å². The lowest BCUT2D eigenvalue weighted by molar-refractivity contribution is 0.308. The molecule has 0 unspecified atom stereocenters. The van der Waals surface area contributed by atoms with Crippen LogP contribution >= 0.6 is 11.7 Å². The van der Waals surface area contributed by atoms with Gasteiger partial charge in [-0.25, -0.2) is 8.42 Å². The van der Waals surface area contributed by atoms with Crippen LogP contribution in [0.3, 0.4) is 0 Å². The van der Waals surface area contributed by atoms with E-state index in [-0.39, 0.29) is 5.92 Å². The van der Waals surface area contributed by atoms with Crippen molar-refractivity contribution in [2.45, 2.75) is 62.8 Å². The van der Waals surface area contributed by atoms with Crippen LogP contribution in [0.25, 0.3) is 11.0 Å². The second kappa shape index (κ2) is 7.41. The number of aryl methyl sites for hydroxylation is 2. The number of benzene rings is 1. The third-order valence-corrected chi connectivity index (χ3v) is 8.75. The van der Waals surface area contributed by atoms with Gasteiger partial charge in [0.15, 0.2) is 0 Å². The average Bonchev–Trinajstić information content (AvgIpc) is 3.28. The van der Waals surface area contributed by atoms with Crippen LogP contribution in [0.2, 0.25) is 0 Å². The van der Waals surface area contributed by atoms with E-state index in [2.05, 4.69) is 23.5 Å². The van der Waals surface area contributed by atoms with Crippen LogP contribution in [0, 0.1) is 6.92 Å². The van der Waals surface area contributed by atoms with E-state index in [0.29, 0.717) is 29.0 Å². The molecule has 1 aromatic carbocycles. The molecule has 8 nitrogen and oxygen atoms in total. The van der Waals surface area contributed by atoms with Gasteiger partial charge in [-0.15, -0.1) is 10.2 Å². The van der Waals surface area contributed by atoms with Crippen molar-refractivity contribution in [2.24, 2.45) is 0 Å². The molecule has 0 radical (unpaired) electrons. The fraction of sp³-hybridized carbons (Fsp3) is 0.579. The molecule has 0 spiro atoms. The lowest BCUT2D eigenvalue weighted by Gasteiger charge is -2.31. The highest BCUT2D eigenvalue weighted by atomic mass is 32.2. The predicted octanol–water partition coefficient (Wildman–Crippen LogP) is 2.89. The van der Waals surface area contributed by atoms with E-state index in [0.717, 1.165) is 61.2 Å². The summed E-state index contributed by atoms with van der Waals surface area (Å²) in [5, 5.41) is 8.90. The van der Waals surface area contributed by atoms with Gasteiger partial charge in [0, 0.05) is 32.0 Å². The summed E-state index contributed by atoms with van der Waals surface area (Å²) in [5.74, 6) is 2.39. The van der Waals surface area contributed by atoms with E-state index in [1.165, 1.54) is 12.8 Å². The number of hydrogen-bond donors (Lipinski definition) is 0. The van der Waals surface area contributed by atoms with Gasteiger partial charge in [0.05, 0.1) is 11.7 Å². The van der Waals surface area contributed by atoms with E-state index in [1.807, 2.05) is 19.1 Å². The van der Waals surface area contributed by atoms with Crippen LogP contribution in [-0.2, 0) is 23.0 Å². The summed E-state index contributed by atoms with van der Waals surface area (Å²) < 4.78 is 39.2. The molecule has 2 aliphatic heterocycles. The van der Waals surface area contributed by atoms with Gasteiger partial charge in [0.2, 0.25) is 10.0 Å². The Morgan fingerprint density at radius 3 is 2.69 bits per heavy atom. The molecule has 0 aliphatic carbocycles. The monoisotopic (exact) mass is 432 g/mol. The number of piperidine rings is 1. The zero-order valence-corrected chi connectivity index (χ0v) is 18.0. The van der Waals surface area contributed by atoms with E-state index >= 15 is 0 Å². The average molecular weight is 433 g/mol. The van der Waals surface area contributed by atoms with Crippen LogP contribution < -0.4 is 0 Å². The molecule has 1 fully saturated rings. The standard InChI is InChI=1S/C19H24N6O2S2/c1-13-6-7-15-17(23-28-22-15)18(13)29(26,27)24-11-8-14(9-12-24)19-21-20-16-5-3-2-4-10-25(16)19/h6-7,14H,2-5,8-12H2,1H3. The second-order valence-corrected chi connectivity index (χ2v) is 10.4. The van der Waals surface area contributed by atoms with Crippen LogP contribution in [0.4, 0.5) is 0 Å². The summed E-state index contributed by atoms with van der Waals surface area (Å²) in [7, 11) is -3.61. The third-order valence-electron chi connectivity index (χ3n) is 6.13. The molecule has 3 aromatic rings.